The maximum Gasteiger partial charge on any atom is 0.0654 e. The van der Waals surface area contributed by atoms with Gasteiger partial charge in [0.25, 0.3) is 0 Å². The minimum absolute atomic E-state index is 1.00. The third-order valence-corrected chi connectivity index (χ3v) is 1.54. The summed E-state index contributed by atoms with van der Waals surface area (Å²) in [5.41, 5.74) is 2.27. The van der Waals surface area contributed by atoms with Crippen molar-refractivity contribution in [3.05, 3.63) is 29.8 Å². The van der Waals surface area contributed by atoms with Crippen LogP contribution in [-0.2, 0) is 6.42 Å². The molecule has 0 aliphatic carbocycles. The Kier molecular flexibility index (Phi) is 2.21. The highest BCUT2D eigenvalue weighted by molar-refractivity contribution is 5.51. The zero-order chi connectivity index (χ0) is 7.40. The first kappa shape index (κ1) is 7.00. The van der Waals surface area contributed by atoms with E-state index in [-0.39, 0.29) is 0 Å². The number of aryl methyl sites for hydroxylation is 1. The minimum Gasteiger partial charge on any atom is -0.264 e. The van der Waals surface area contributed by atoms with Crippen molar-refractivity contribution in [1.29, 1.82) is 0 Å². The molecule has 0 aliphatic rings. The number of aliphatic imine (C=N–C) groups is 1. The lowest BCUT2D eigenvalue weighted by atomic mass is 10.1. The van der Waals surface area contributed by atoms with Crippen molar-refractivity contribution in [2.24, 2.45) is 4.99 Å². The van der Waals surface area contributed by atoms with Crippen LogP contribution in [0.5, 0.6) is 0 Å². The molecule has 0 fully saturated rings. The van der Waals surface area contributed by atoms with E-state index >= 15 is 0 Å². The molecule has 10 heavy (non-hydrogen) atoms. The molecule has 0 aliphatic heterocycles. The molecule has 0 N–H and O–H groups in total. The molecule has 1 aromatic carbocycles. The molecular formula is C9H11N. The van der Waals surface area contributed by atoms with Gasteiger partial charge in [-0.2, -0.15) is 0 Å². The van der Waals surface area contributed by atoms with Gasteiger partial charge in [0.15, 0.2) is 0 Å². The first-order valence-corrected chi connectivity index (χ1v) is 3.43. The molecule has 0 saturated heterocycles. The Bertz CT molecular complexity index is 228. The summed E-state index contributed by atoms with van der Waals surface area (Å²) in [6.45, 7) is 5.60. The summed E-state index contributed by atoms with van der Waals surface area (Å²) in [5, 5.41) is 0. The van der Waals surface area contributed by atoms with Crippen LogP contribution in [0.15, 0.2) is 29.3 Å². The number of hydrogen-bond acceptors (Lipinski definition) is 1. The monoisotopic (exact) mass is 133 g/mol. The van der Waals surface area contributed by atoms with Crippen LogP contribution < -0.4 is 0 Å². The van der Waals surface area contributed by atoms with E-state index in [1.165, 1.54) is 5.56 Å². The molecule has 1 aromatic rings. The Balaban J connectivity index is 3.08. The first-order chi connectivity index (χ1) is 4.88. The van der Waals surface area contributed by atoms with Crippen LogP contribution >= 0.6 is 0 Å². The lowest BCUT2D eigenvalue weighted by Gasteiger charge is -1.98. The summed E-state index contributed by atoms with van der Waals surface area (Å²) in [6, 6.07) is 8.05. The summed E-state index contributed by atoms with van der Waals surface area (Å²) in [5.74, 6) is 0. The van der Waals surface area contributed by atoms with Gasteiger partial charge in [0, 0.05) is 0 Å². The fraction of sp³-hybridized carbons (Fsp3) is 0.222. The molecular weight excluding hydrogens is 122 g/mol. The van der Waals surface area contributed by atoms with Crippen molar-refractivity contribution in [3.63, 3.8) is 0 Å². The Labute approximate surface area is 61.4 Å². The average Bonchev–Trinajstić information content (AvgIpc) is 2.04. The van der Waals surface area contributed by atoms with Gasteiger partial charge in [0.05, 0.1) is 5.69 Å². The van der Waals surface area contributed by atoms with E-state index in [0.717, 1.165) is 12.1 Å². The number of para-hydroxylation sites is 1. The normalized spacial score (nSPS) is 9.30. The molecule has 0 bridgehead atoms. The highest BCUT2D eigenvalue weighted by Gasteiger charge is 1.93. The van der Waals surface area contributed by atoms with E-state index in [9.17, 15) is 0 Å². The molecule has 0 saturated carbocycles. The number of hydrogen-bond donors (Lipinski definition) is 0. The van der Waals surface area contributed by atoms with Gasteiger partial charge in [-0.3, -0.25) is 4.99 Å². The standard InChI is InChI=1S/C9H11N/c1-3-8-6-4-5-7-9(8)10-2/h4-7H,2-3H2,1H3. The number of rotatable bonds is 2. The van der Waals surface area contributed by atoms with Gasteiger partial charge in [-0.05, 0) is 24.8 Å². The smallest absolute Gasteiger partial charge is 0.0654 e. The van der Waals surface area contributed by atoms with E-state index in [1.807, 2.05) is 18.2 Å². The van der Waals surface area contributed by atoms with Crippen molar-refractivity contribution < 1.29 is 0 Å². The van der Waals surface area contributed by atoms with Gasteiger partial charge in [-0.1, -0.05) is 25.1 Å². The predicted octanol–water partition coefficient (Wildman–Crippen LogP) is 2.58. The third-order valence-electron chi connectivity index (χ3n) is 1.54. The van der Waals surface area contributed by atoms with Crippen LogP contribution in [0.3, 0.4) is 0 Å². The predicted molar refractivity (Wildman–Crippen MR) is 45.0 cm³/mol. The second-order valence-electron chi connectivity index (χ2n) is 2.14. The van der Waals surface area contributed by atoms with Crippen LogP contribution in [0.1, 0.15) is 12.5 Å². The van der Waals surface area contributed by atoms with Gasteiger partial charge >= 0.3 is 0 Å². The zero-order valence-electron chi connectivity index (χ0n) is 6.17. The largest absolute Gasteiger partial charge is 0.264 e. The fourth-order valence-corrected chi connectivity index (χ4v) is 0.964. The molecule has 0 radical (unpaired) electrons. The quantitative estimate of drug-likeness (QED) is 0.550. The second-order valence-corrected chi connectivity index (χ2v) is 2.14. The SMILES string of the molecule is C=Nc1ccccc1CC. The Morgan fingerprint density at radius 1 is 1.40 bits per heavy atom. The van der Waals surface area contributed by atoms with Gasteiger partial charge < -0.3 is 0 Å². The van der Waals surface area contributed by atoms with Crippen molar-refractivity contribution in [1.82, 2.24) is 0 Å². The van der Waals surface area contributed by atoms with E-state index in [0.29, 0.717) is 0 Å². The van der Waals surface area contributed by atoms with Gasteiger partial charge in [0.1, 0.15) is 0 Å². The Morgan fingerprint density at radius 3 is 2.60 bits per heavy atom. The molecule has 0 amide bonds. The zero-order valence-corrected chi connectivity index (χ0v) is 6.17. The highest BCUT2D eigenvalue weighted by atomic mass is 14.7. The summed E-state index contributed by atoms with van der Waals surface area (Å²) in [4.78, 5) is 3.89. The molecule has 1 nitrogen and oxygen atoms in total. The van der Waals surface area contributed by atoms with E-state index in [4.69, 9.17) is 0 Å². The number of nitrogens with zero attached hydrogens (tertiary/aromatic N) is 1. The molecule has 0 spiro atoms. The molecule has 0 aromatic heterocycles. The molecule has 0 unspecified atom stereocenters. The van der Waals surface area contributed by atoms with E-state index < -0.39 is 0 Å². The van der Waals surface area contributed by atoms with E-state index in [1.54, 1.807) is 0 Å². The van der Waals surface area contributed by atoms with Crippen LogP contribution in [0.4, 0.5) is 5.69 Å². The minimum atomic E-state index is 1.00. The summed E-state index contributed by atoms with van der Waals surface area (Å²) < 4.78 is 0. The van der Waals surface area contributed by atoms with Crippen LogP contribution in [0, 0.1) is 0 Å². The van der Waals surface area contributed by atoms with Crippen LogP contribution in [0.2, 0.25) is 0 Å². The molecule has 52 valence electrons. The second kappa shape index (κ2) is 3.16. The summed E-state index contributed by atoms with van der Waals surface area (Å²) in [6.07, 6.45) is 1.02. The maximum atomic E-state index is 3.89. The number of benzene rings is 1. The molecule has 0 atom stereocenters. The molecule has 0 heterocycles. The molecule has 1 rings (SSSR count). The highest BCUT2D eigenvalue weighted by Crippen LogP contribution is 2.17. The fourth-order valence-electron chi connectivity index (χ4n) is 0.964. The molecule has 1 heteroatoms. The average molecular weight is 133 g/mol. The Hall–Kier alpha value is -1.11. The van der Waals surface area contributed by atoms with Crippen molar-refractivity contribution in [3.8, 4) is 0 Å². The van der Waals surface area contributed by atoms with Gasteiger partial charge in [0.2, 0.25) is 0 Å². The van der Waals surface area contributed by atoms with Gasteiger partial charge in [-0.25, -0.2) is 0 Å². The van der Waals surface area contributed by atoms with Crippen molar-refractivity contribution >= 4 is 12.4 Å². The van der Waals surface area contributed by atoms with Gasteiger partial charge in [-0.15, -0.1) is 0 Å². The van der Waals surface area contributed by atoms with Crippen molar-refractivity contribution in [2.45, 2.75) is 13.3 Å². The topological polar surface area (TPSA) is 12.4 Å². The Morgan fingerprint density at radius 2 is 2.10 bits per heavy atom. The van der Waals surface area contributed by atoms with Crippen LogP contribution in [0.25, 0.3) is 0 Å². The third kappa shape index (κ3) is 1.24. The summed E-state index contributed by atoms with van der Waals surface area (Å²) >= 11 is 0. The first-order valence-electron chi connectivity index (χ1n) is 3.43. The van der Waals surface area contributed by atoms with Crippen molar-refractivity contribution in [2.75, 3.05) is 0 Å². The van der Waals surface area contributed by atoms with Crippen LogP contribution in [-0.4, -0.2) is 6.72 Å². The lowest BCUT2D eigenvalue weighted by Crippen LogP contribution is -1.78. The van der Waals surface area contributed by atoms with E-state index in [2.05, 4.69) is 24.7 Å². The maximum absolute atomic E-state index is 3.89. The lowest BCUT2D eigenvalue weighted by molar-refractivity contribution is 1.13. The summed E-state index contributed by atoms with van der Waals surface area (Å²) in [7, 11) is 0.